The minimum atomic E-state index is 0. The van der Waals surface area contributed by atoms with Crippen molar-refractivity contribution in [2.24, 2.45) is 10.9 Å². The fourth-order valence-electron chi connectivity index (χ4n) is 3.11. The molecule has 1 aromatic heterocycles. The summed E-state index contributed by atoms with van der Waals surface area (Å²) in [6, 6.07) is 4.53. The molecule has 1 aromatic rings. The molecule has 1 atom stereocenters. The van der Waals surface area contributed by atoms with Gasteiger partial charge in [0.1, 0.15) is 5.76 Å². The first-order chi connectivity index (χ1) is 11.2. The lowest BCUT2D eigenvalue weighted by Gasteiger charge is -2.25. The van der Waals surface area contributed by atoms with E-state index >= 15 is 0 Å². The van der Waals surface area contributed by atoms with Crippen molar-refractivity contribution in [1.82, 2.24) is 15.5 Å². The Balaban J connectivity index is 0.00000288. The Morgan fingerprint density at radius 3 is 2.92 bits per heavy atom. The highest BCUT2D eigenvalue weighted by molar-refractivity contribution is 14.0. The third-order valence-corrected chi connectivity index (χ3v) is 4.15. The maximum absolute atomic E-state index is 5.36. The lowest BCUT2D eigenvalue weighted by Crippen LogP contribution is -2.40. The number of furan rings is 1. The highest BCUT2D eigenvalue weighted by Gasteiger charge is 2.24. The highest BCUT2D eigenvalue weighted by Crippen LogP contribution is 2.18. The predicted octanol–water partition coefficient (Wildman–Crippen LogP) is 3.12. The van der Waals surface area contributed by atoms with Crippen LogP contribution in [0, 0.1) is 5.92 Å². The van der Waals surface area contributed by atoms with E-state index in [1.54, 1.807) is 6.26 Å². The van der Waals surface area contributed by atoms with E-state index in [-0.39, 0.29) is 24.0 Å². The van der Waals surface area contributed by atoms with Crippen molar-refractivity contribution < 1.29 is 4.42 Å². The molecule has 0 amide bonds. The lowest BCUT2D eigenvalue weighted by atomic mass is 10.2. The van der Waals surface area contributed by atoms with Crippen LogP contribution in [-0.2, 0) is 6.42 Å². The zero-order valence-electron chi connectivity index (χ0n) is 15.3. The van der Waals surface area contributed by atoms with Crippen LogP contribution in [0.1, 0.15) is 39.4 Å². The Morgan fingerprint density at radius 1 is 1.42 bits per heavy atom. The van der Waals surface area contributed by atoms with Crippen LogP contribution in [0.25, 0.3) is 0 Å². The Kier molecular flexibility index (Phi) is 10.4. The molecule has 0 radical (unpaired) electrons. The van der Waals surface area contributed by atoms with E-state index in [0.29, 0.717) is 6.04 Å². The summed E-state index contributed by atoms with van der Waals surface area (Å²) < 4.78 is 5.36. The molecular formula is C18H33IN4O. The molecule has 6 heteroatoms. The molecule has 2 N–H and O–H groups in total. The number of aliphatic imine (C=N–C) groups is 1. The third-order valence-electron chi connectivity index (χ3n) is 4.15. The van der Waals surface area contributed by atoms with Crippen LogP contribution >= 0.6 is 24.0 Å². The molecule has 1 fully saturated rings. The second-order valence-corrected chi connectivity index (χ2v) is 6.66. The van der Waals surface area contributed by atoms with Crippen molar-refractivity contribution in [2.75, 3.05) is 32.7 Å². The molecule has 1 saturated heterocycles. The van der Waals surface area contributed by atoms with Gasteiger partial charge in [-0.3, -0.25) is 9.89 Å². The Bertz CT molecular complexity index is 462. The Morgan fingerprint density at radius 2 is 2.25 bits per heavy atom. The number of rotatable bonds is 8. The molecule has 24 heavy (non-hydrogen) atoms. The van der Waals surface area contributed by atoms with Gasteiger partial charge in [0, 0.05) is 32.1 Å². The van der Waals surface area contributed by atoms with E-state index in [1.807, 2.05) is 12.1 Å². The molecule has 0 bridgehead atoms. The number of halogens is 1. The molecule has 0 saturated carbocycles. The van der Waals surface area contributed by atoms with Crippen molar-refractivity contribution in [2.45, 2.75) is 46.1 Å². The number of nitrogens with zero attached hydrogens (tertiary/aromatic N) is 2. The minimum Gasteiger partial charge on any atom is -0.469 e. The van der Waals surface area contributed by atoms with Gasteiger partial charge in [-0.25, -0.2) is 0 Å². The maximum Gasteiger partial charge on any atom is 0.191 e. The van der Waals surface area contributed by atoms with Crippen LogP contribution in [-0.4, -0.2) is 49.6 Å². The zero-order chi connectivity index (χ0) is 16.5. The van der Waals surface area contributed by atoms with Gasteiger partial charge >= 0.3 is 0 Å². The number of nitrogens with one attached hydrogen (secondary N) is 2. The SMILES string of the molecule is CCNC(=NC[C@H]1CCCN1CC(C)C)NCCc1ccco1.I. The molecule has 5 nitrogen and oxygen atoms in total. The van der Waals surface area contributed by atoms with Crippen LogP contribution in [0.5, 0.6) is 0 Å². The van der Waals surface area contributed by atoms with Crippen molar-refractivity contribution >= 4 is 29.9 Å². The number of guanidine groups is 1. The van der Waals surface area contributed by atoms with E-state index in [9.17, 15) is 0 Å². The molecule has 0 aliphatic carbocycles. The number of likely N-dealkylation sites (tertiary alicyclic amines) is 1. The fraction of sp³-hybridized carbons (Fsp3) is 0.722. The van der Waals surface area contributed by atoms with E-state index in [2.05, 4.69) is 36.3 Å². The van der Waals surface area contributed by atoms with Gasteiger partial charge in [0.05, 0.1) is 12.8 Å². The van der Waals surface area contributed by atoms with Crippen molar-refractivity contribution in [1.29, 1.82) is 0 Å². The van der Waals surface area contributed by atoms with Gasteiger partial charge in [-0.2, -0.15) is 0 Å². The molecule has 2 heterocycles. The van der Waals surface area contributed by atoms with E-state index in [4.69, 9.17) is 9.41 Å². The summed E-state index contributed by atoms with van der Waals surface area (Å²) in [5.41, 5.74) is 0. The van der Waals surface area contributed by atoms with E-state index in [0.717, 1.165) is 43.7 Å². The van der Waals surface area contributed by atoms with Gasteiger partial charge in [-0.1, -0.05) is 13.8 Å². The summed E-state index contributed by atoms with van der Waals surface area (Å²) in [6.07, 6.45) is 5.16. The van der Waals surface area contributed by atoms with Crippen molar-refractivity contribution in [3.05, 3.63) is 24.2 Å². The molecule has 138 valence electrons. The van der Waals surface area contributed by atoms with Gasteiger partial charge in [0.25, 0.3) is 0 Å². The third kappa shape index (κ3) is 7.42. The largest absolute Gasteiger partial charge is 0.469 e. The monoisotopic (exact) mass is 448 g/mol. The average molecular weight is 448 g/mol. The molecule has 1 aliphatic rings. The summed E-state index contributed by atoms with van der Waals surface area (Å²) >= 11 is 0. The average Bonchev–Trinajstić information content (AvgIpc) is 3.16. The minimum absolute atomic E-state index is 0. The highest BCUT2D eigenvalue weighted by atomic mass is 127. The number of hydrogen-bond acceptors (Lipinski definition) is 3. The maximum atomic E-state index is 5.36. The zero-order valence-corrected chi connectivity index (χ0v) is 17.6. The molecule has 0 unspecified atom stereocenters. The van der Waals surface area contributed by atoms with Crippen LogP contribution in [0.15, 0.2) is 27.8 Å². The van der Waals surface area contributed by atoms with Crippen LogP contribution in [0.2, 0.25) is 0 Å². The lowest BCUT2D eigenvalue weighted by molar-refractivity contribution is 0.231. The fourth-order valence-corrected chi connectivity index (χ4v) is 3.11. The van der Waals surface area contributed by atoms with Gasteiger partial charge in [-0.05, 0) is 44.4 Å². The van der Waals surface area contributed by atoms with Crippen LogP contribution in [0.4, 0.5) is 0 Å². The van der Waals surface area contributed by atoms with Crippen molar-refractivity contribution in [3.63, 3.8) is 0 Å². The normalized spacial score (nSPS) is 18.7. The quantitative estimate of drug-likeness (QED) is 0.365. The van der Waals surface area contributed by atoms with E-state index in [1.165, 1.54) is 25.9 Å². The first kappa shape index (κ1) is 21.3. The summed E-state index contributed by atoms with van der Waals surface area (Å²) in [5, 5.41) is 6.73. The predicted molar refractivity (Wildman–Crippen MR) is 111 cm³/mol. The Labute approximate surface area is 163 Å². The Hall–Kier alpha value is -0.760. The summed E-state index contributed by atoms with van der Waals surface area (Å²) in [7, 11) is 0. The van der Waals surface area contributed by atoms with Gasteiger partial charge < -0.3 is 15.1 Å². The smallest absolute Gasteiger partial charge is 0.191 e. The van der Waals surface area contributed by atoms with Gasteiger partial charge in [0.15, 0.2) is 5.96 Å². The van der Waals surface area contributed by atoms with Crippen molar-refractivity contribution in [3.8, 4) is 0 Å². The first-order valence-corrected chi connectivity index (χ1v) is 8.97. The molecule has 0 aromatic carbocycles. The second-order valence-electron chi connectivity index (χ2n) is 6.66. The van der Waals surface area contributed by atoms with Crippen LogP contribution in [0.3, 0.4) is 0 Å². The topological polar surface area (TPSA) is 52.8 Å². The summed E-state index contributed by atoms with van der Waals surface area (Å²) in [5.74, 6) is 2.64. The van der Waals surface area contributed by atoms with E-state index < -0.39 is 0 Å². The first-order valence-electron chi connectivity index (χ1n) is 8.97. The number of hydrogen-bond donors (Lipinski definition) is 2. The molecule has 2 rings (SSSR count). The standard InChI is InChI=1S/C18H32N4O.HI/c1-4-19-18(20-10-9-17-8-6-12-23-17)21-13-16-7-5-11-22(16)14-15(2)3;/h6,8,12,15-16H,4-5,7,9-11,13-14H2,1-3H3,(H2,19,20,21);1H/t16-;/m1./s1. The summed E-state index contributed by atoms with van der Waals surface area (Å²) in [4.78, 5) is 7.39. The summed E-state index contributed by atoms with van der Waals surface area (Å²) in [6.45, 7) is 11.7. The molecular weight excluding hydrogens is 415 g/mol. The molecule has 0 spiro atoms. The van der Waals surface area contributed by atoms with Crippen LogP contribution < -0.4 is 10.6 Å². The van der Waals surface area contributed by atoms with Gasteiger partial charge in [-0.15, -0.1) is 24.0 Å². The molecule has 1 aliphatic heterocycles. The second kappa shape index (κ2) is 11.7. The van der Waals surface area contributed by atoms with Gasteiger partial charge in [0.2, 0.25) is 0 Å².